The van der Waals surface area contributed by atoms with E-state index in [4.69, 9.17) is 21.1 Å². The van der Waals surface area contributed by atoms with Gasteiger partial charge in [0, 0.05) is 35.1 Å². The molecule has 0 bridgehead atoms. The summed E-state index contributed by atoms with van der Waals surface area (Å²) in [5, 5.41) is 3.24. The van der Waals surface area contributed by atoms with Crippen LogP contribution in [0.3, 0.4) is 0 Å². The Morgan fingerprint density at radius 1 is 1.03 bits per heavy atom. The number of hydrogen-bond acceptors (Lipinski definition) is 6. The molecular formula is C22H22ClN3O5S. The highest BCUT2D eigenvalue weighted by Crippen LogP contribution is 2.29. The first-order valence-corrected chi connectivity index (χ1v) is 11.4. The minimum Gasteiger partial charge on any atom is -0.493 e. The number of halogens is 1. The predicted molar refractivity (Wildman–Crippen MR) is 122 cm³/mol. The number of aromatic nitrogens is 1. The molecule has 8 nitrogen and oxygen atoms in total. The van der Waals surface area contributed by atoms with Gasteiger partial charge in [0.05, 0.1) is 25.7 Å². The highest BCUT2D eigenvalue weighted by Gasteiger charge is 2.19. The fourth-order valence-electron chi connectivity index (χ4n) is 2.95. The lowest BCUT2D eigenvalue weighted by atomic mass is 10.1. The Morgan fingerprint density at radius 3 is 2.50 bits per heavy atom. The van der Waals surface area contributed by atoms with Crippen LogP contribution in [-0.4, -0.2) is 40.1 Å². The molecule has 2 N–H and O–H groups in total. The van der Waals surface area contributed by atoms with Gasteiger partial charge in [-0.15, -0.1) is 0 Å². The Kier molecular flexibility index (Phi) is 7.68. The molecule has 1 amide bonds. The molecule has 3 rings (SSSR count). The van der Waals surface area contributed by atoms with Gasteiger partial charge in [-0.3, -0.25) is 9.78 Å². The van der Waals surface area contributed by atoms with Crippen LogP contribution >= 0.6 is 11.6 Å². The number of ether oxygens (including phenoxy) is 2. The van der Waals surface area contributed by atoms with E-state index in [1.165, 1.54) is 32.4 Å². The lowest BCUT2D eigenvalue weighted by Crippen LogP contribution is -2.33. The largest absolute Gasteiger partial charge is 0.493 e. The zero-order valence-corrected chi connectivity index (χ0v) is 19.0. The van der Waals surface area contributed by atoms with E-state index in [0.717, 1.165) is 11.3 Å². The first kappa shape index (κ1) is 23.5. The topological polar surface area (TPSA) is 107 Å². The molecule has 2 aromatic carbocycles. The van der Waals surface area contributed by atoms with E-state index in [0.29, 0.717) is 22.9 Å². The summed E-state index contributed by atoms with van der Waals surface area (Å²) in [6.07, 6.45) is 2.13. The Balaban J connectivity index is 1.70. The number of methoxy groups -OCH3 is 2. The molecule has 0 unspecified atom stereocenters. The van der Waals surface area contributed by atoms with E-state index < -0.39 is 22.5 Å². The third kappa shape index (κ3) is 5.97. The van der Waals surface area contributed by atoms with Gasteiger partial charge in [0.25, 0.3) is 0 Å². The summed E-state index contributed by atoms with van der Waals surface area (Å²) in [6, 6.07) is 14.8. The zero-order valence-electron chi connectivity index (χ0n) is 17.5. The van der Waals surface area contributed by atoms with Crippen molar-refractivity contribution in [2.24, 2.45) is 0 Å². The van der Waals surface area contributed by atoms with Crippen LogP contribution in [0, 0.1) is 0 Å². The third-order valence-electron chi connectivity index (χ3n) is 4.53. The van der Waals surface area contributed by atoms with Gasteiger partial charge in [0.1, 0.15) is 0 Å². The molecule has 0 aliphatic heterocycles. The van der Waals surface area contributed by atoms with Crippen LogP contribution in [0.1, 0.15) is 11.3 Å². The maximum Gasteiger partial charge on any atom is 0.241 e. The highest BCUT2D eigenvalue weighted by molar-refractivity contribution is 7.89. The molecule has 0 fully saturated rings. The zero-order chi connectivity index (χ0) is 23.1. The minimum absolute atomic E-state index is 0.0507. The van der Waals surface area contributed by atoms with Crippen molar-refractivity contribution in [2.45, 2.75) is 11.3 Å². The van der Waals surface area contributed by atoms with Crippen LogP contribution in [0.25, 0.3) is 0 Å². The number of sulfonamides is 1. The summed E-state index contributed by atoms with van der Waals surface area (Å²) < 4.78 is 37.7. The smallest absolute Gasteiger partial charge is 0.241 e. The van der Waals surface area contributed by atoms with Gasteiger partial charge in [-0.05, 0) is 48.0 Å². The van der Waals surface area contributed by atoms with Crippen LogP contribution < -0.4 is 19.5 Å². The molecular weight excluding hydrogens is 454 g/mol. The van der Waals surface area contributed by atoms with Crippen LogP contribution in [0.2, 0.25) is 5.02 Å². The van der Waals surface area contributed by atoms with Gasteiger partial charge >= 0.3 is 0 Å². The monoisotopic (exact) mass is 475 g/mol. The number of carbonyl (C=O) groups is 1. The van der Waals surface area contributed by atoms with Crippen molar-refractivity contribution < 1.29 is 22.7 Å². The molecule has 1 heterocycles. The molecule has 0 atom stereocenters. The van der Waals surface area contributed by atoms with E-state index >= 15 is 0 Å². The lowest BCUT2D eigenvalue weighted by molar-refractivity contribution is -0.115. The fraction of sp³-hybridized carbons (Fsp3) is 0.182. The van der Waals surface area contributed by atoms with E-state index in [2.05, 4.69) is 15.0 Å². The molecule has 0 saturated carbocycles. The summed E-state index contributed by atoms with van der Waals surface area (Å²) in [6.45, 7) is -0.456. The van der Waals surface area contributed by atoms with Gasteiger partial charge < -0.3 is 14.8 Å². The van der Waals surface area contributed by atoms with E-state index in [-0.39, 0.29) is 10.6 Å². The summed E-state index contributed by atoms with van der Waals surface area (Å²) in [5.41, 5.74) is 2.09. The number of anilines is 1. The maximum atomic E-state index is 12.6. The van der Waals surface area contributed by atoms with Crippen molar-refractivity contribution in [3.63, 3.8) is 0 Å². The second-order valence-electron chi connectivity index (χ2n) is 6.69. The first-order chi connectivity index (χ1) is 15.3. The van der Waals surface area contributed by atoms with Gasteiger partial charge in [0.15, 0.2) is 11.5 Å². The SMILES string of the molecule is COc1ccc(S(=O)(=O)NCC(=O)Nc2ccc(Cl)cc2Cc2ccccn2)cc1OC. The molecule has 168 valence electrons. The van der Waals surface area contributed by atoms with Gasteiger partial charge in [-0.25, -0.2) is 13.1 Å². The molecule has 0 aliphatic rings. The Morgan fingerprint density at radius 2 is 1.81 bits per heavy atom. The van der Waals surface area contributed by atoms with Gasteiger partial charge in [-0.2, -0.15) is 0 Å². The summed E-state index contributed by atoms with van der Waals surface area (Å²) >= 11 is 6.11. The minimum atomic E-state index is -3.95. The number of benzene rings is 2. The van der Waals surface area contributed by atoms with E-state index in [9.17, 15) is 13.2 Å². The standard InChI is InChI=1S/C22H22ClN3O5S/c1-30-20-9-7-18(13-21(20)31-2)32(28,29)25-14-22(27)26-19-8-6-16(23)11-15(19)12-17-5-3-4-10-24-17/h3-11,13,25H,12,14H2,1-2H3,(H,26,27). The molecule has 0 aliphatic carbocycles. The second-order valence-corrected chi connectivity index (χ2v) is 8.89. The van der Waals surface area contributed by atoms with Crippen LogP contribution in [0.15, 0.2) is 65.7 Å². The van der Waals surface area contributed by atoms with Crippen molar-refractivity contribution in [2.75, 3.05) is 26.1 Å². The Bertz CT molecular complexity index is 1200. The van der Waals surface area contributed by atoms with Crippen LogP contribution in [0.4, 0.5) is 5.69 Å². The molecule has 32 heavy (non-hydrogen) atoms. The van der Waals surface area contributed by atoms with Gasteiger partial charge in [0.2, 0.25) is 15.9 Å². The summed E-state index contributed by atoms with van der Waals surface area (Å²) in [7, 11) is -1.09. The quantitative estimate of drug-likeness (QED) is 0.492. The second kappa shape index (κ2) is 10.4. The number of carbonyl (C=O) groups excluding carboxylic acids is 1. The number of hydrogen-bond donors (Lipinski definition) is 2. The Labute approximate surface area is 191 Å². The van der Waals surface area contributed by atoms with Crippen LogP contribution in [0.5, 0.6) is 11.5 Å². The van der Waals surface area contributed by atoms with Crippen LogP contribution in [-0.2, 0) is 21.2 Å². The van der Waals surface area contributed by atoms with E-state index in [1.54, 1.807) is 24.4 Å². The average molecular weight is 476 g/mol. The fourth-order valence-corrected chi connectivity index (χ4v) is 4.14. The number of nitrogens with one attached hydrogen (secondary N) is 2. The number of amides is 1. The third-order valence-corrected chi connectivity index (χ3v) is 6.16. The van der Waals surface area contributed by atoms with Crippen molar-refractivity contribution in [3.8, 4) is 11.5 Å². The number of pyridine rings is 1. The first-order valence-electron chi connectivity index (χ1n) is 9.52. The van der Waals surface area contributed by atoms with E-state index in [1.807, 2.05) is 18.2 Å². The van der Waals surface area contributed by atoms with Crippen molar-refractivity contribution in [1.82, 2.24) is 9.71 Å². The van der Waals surface area contributed by atoms with Crippen molar-refractivity contribution >= 4 is 33.2 Å². The molecule has 0 saturated heterocycles. The molecule has 1 aromatic heterocycles. The molecule has 3 aromatic rings. The predicted octanol–water partition coefficient (Wildman–Crippen LogP) is 3.26. The number of rotatable bonds is 9. The normalized spacial score (nSPS) is 11.1. The molecule has 0 radical (unpaired) electrons. The lowest BCUT2D eigenvalue weighted by Gasteiger charge is -2.13. The Hall–Kier alpha value is -3.14. The average Bonchev–Trinajstić information content (AvgIpc) is 2.79. The van der Waals surface area contributed by atoms with Crippen molar-refractivity contribution in [1.29, 1.82) is 0 Å². The maximum absolute atomic E-state index is 12.6. The van der Waals surface area contributed by atoms with Gasteiger partial charge in [-0.1, -0.05) is 17.7 Å². The molecule has 10 heteroatoms. The highest BCUT2D eigenvalue weighted by atomic mass is 35.5. The molecule has 0 spiro atoms. The summed E-state index contributed by atoms with van der Waals surface area (Å²) in [4.78, 5) is 16.7. The summed E-state index contributed by atoms with van der Waals surface area (Å²) in [5.74, 6) is 0.131. The van der Waals surface area contributed by atoms with Crippen molar-refractivity contribution in [3.05, 3.63) is 77.1 Å². The number of nitrogens with zero attached hydrogens (tertiary/aromatic N) is 1.